The highest BCUT2D eigenvalue weighted by Crippen LogP contribution is 2.14. The zero-order valence-electron chi connectivity index (χ0n) is 18.3. The van der Waals surface area contributed by atoms with Crippen LogP contribution in [0, 0.1) is 5.82 Å². The minimum atomic E-state index is -0.542. The minimum Gasteiger partial charge on any atom is -0.347 e. The zero-order chi connectivity index (χ0) is 24.4. The summed E-state index contributed by atoms with van der Waals surface area (Å²) in [6.07, 6.45) is 0. The number of anilines is 1. The van der Waals surface area contributed by atoms with Crippen molar-refractivity contribution in [2.24, 2.45) is 14.1 Å². The van der Waals surface area contributed by atoms with E-state index in [2.05, 4.69) is 15.6 Å². The van der Waals surface area contributed by atoms with Crippen LogP contribution in [0.1, 0.15) is 26.4 Å². The highest BCUT2D eigenvalue weighted by Gasteiger charge is 2.14. The van der Waals surface area contributed by atoms with Crippen molar-refractivity contribution < 1.29 is 14.0 Å². The number of carbonyl (C=O) groups is 2. The van der Waals surface area contributed by atoms with Crippen LogP contribution in [0.4, 0.5) is 10.1 Å². The van der Waals surface area contributed by atoms with Crippen LogP contribution >= 0.6 is 0 Å². The first kappa shape index (κ1) is 22.6. The highest BCUT2D eigenvalue weighted by molar-refractivity contribution is 6.04. The number of fused-ring (bicyclic) bond motifs is 1. The Balaban J connectivity index is 1.48. The molecule has 10 heteroatoms. The molecule has 2 aromatic carbocycles. The second kappa shape index (κ2) is 9.10. The van der Waals surface area contributed by atoms with E-state index in [0.29, 0.717) is 11.3 Å². The number of hydrogen-bond donors (Lipinski definition) is 2. The topological polar surface area (TPSA) is 115 Å². The van der Waals surface area contributed by atoms with Crippen LogP contribution in [0.2, 0.25) is 0 Å². The summed E-state index contributed by atoms with van der Waals surface area (Å²) in [5, 5.41) is 5.64. The first-order valence-electron chi connectivity index (χ1n) is 10.3. The van der Waals surface area contributed by atoms with Gasteiger partial charge >= 0.3 is 5.69 Å². The summed E-state index contributed by atoms with van der Waals surface area (Å²) in [5.41, 5.74) is 0.497. The lowest BCUT2D eigenvalue weighted by molar-refractivity contribution is 0.0945. The Kier molecular flexibility index (Phi) is 6.05. The van der Waals surface area contributed by atoms with E-state index in [1.165, 1.54) is 49.0 Å². The first-order valence-corrected chi connectivity index (χ1v) is 10.3. The van der Waals surface area contributed by atoms with Crippen molar-refractivity contribution in [1.82, 2.24) is 19.4 Å². The molecule has 0 aliphatic carbocycles. The maximum absolute atomic E-state index is 13.4. The zero-order valence-corrected chi connectivity index (χ0v) is 18.3. The molecular formula is C24H20FN5O4. The largest absolute Gasteiger partial charge is 0.347 e. The molecule has 0 saturated heterocycles. The maximum Gasteiger partial charge on any atom is 0.332 e. The van der Waals surface area contributed by atoms with Gasteiger partial charge in [-0.3, -0.25) is 23.5 Å². The molecule has 0 radical (unpaired) electrons. The molecule has 0 bridgehead atoms. The molecule has 34 heavy (non-hydrogen) atoms. The van der Waals surface area contributed by atoms with Crippen molar-refractivity contribution in [2.75, 3.05) is 5.32 Å². The summed E-state index contributed by atoms with van der Waals surface area (Å²) in [7, 11) is 2.85. The summed E-state index contributed by atoms with van der Waals surface area (Å²) in [5.74, 6) is -1.46. The Hall–Kier alpha value is -4.60. The monoisotopic (exact) mass is 461 g/mol. The summed E-state index contributed by atoms with van der Waals surface area (Å²) in [4.78, 5) is 53.6. The average Bonchev–Trinajstić information content (AvgIpc) is 2.84. The molecule has 172 valence electrons. The Morgan fingerprint density at radius 2 is 1.71 bits per heavy atom. The van der Waals surface area contributed by atoms with Crippen molar-refractivity contribution in [3.63, 3.8) is 0 Å². The second-order valence-electron chi connectivity index (χ2n) is 7.62. The van der Waals surface area contributed by atoms with E-state index in [0.717, 1.165) is 10.6 Å². The predicted octanol–water partition coefficient (Wildman–Crippen LogP) is 1.95. The van der Waals surface area contributed by atoms with Gasteiger partial charge in [0.15, 0.2) is 0 Å². The average molecular weight is 461 g/mol. The molecule has 2 N–H and O–H groups in total. The Morgan fingerprint density at radius 1 is 0.941 bits per heavy atom. The Labute approximate surface area is 192 Å². The molecule has 0 atom stereocenters. The van der Waals surface area contributed by atoms with Crippen molar-refractivity contribution in [3.8, 4) is 0 Å². The molecule has 0 spiro atoms. The summed E-state index contributed by atoms with van der Waals surface area (Å²) in [6.45, 7) is 0.137. The first-order chi connectivity index (χ1) is 16.2. The molecule has 0 saturated carbocycles. The van der Waals surface area contributed by atoms with Crippen LogP contribution in [0.3, 0.4) is 0 Å². The molecule has 2 heterocycles. The van der Waals surface area contributed by atoms with Crippen LogP contribution < -0.4 is 21.9 Å². The SMILES string of the molecule is Cn1c(=O)c2ccc(C(=O)NCc3cccc(NC(=O)c4cccc(F)c4)c3)nc2n(C)c1=O. The van der Waals surface area contributed by atoms with Gasteiger partial charge in [-0.25, -0.2) is 14.2 Å². The van der Waals surface area contributed by atoms with Crippen LogP contribution in [-0.2, 0) is 20.6 Å². The number of halogens is 1. The fraction of sp³-hybridized carbons (Fsp3) is 0.125. The van der Waals surface area contributed by atoms with Gasteiger partial charge in [-0.15, -0.1) is 0 Å². The number of hydrogen-bond acceptors (Lipinski definition) is 5. The lowest BCUT2D eigenvalue weighted by Gasteiger charge is -2.10. The lowest BCUT2D eigenvalue weighted by Crippen LogP contribution is -2.37. The lowest BCUT2D eigenvalue weighted by atomic mass is 10.1. The normalized spacial score (nSPS) is 10.8. The van der Waals surface area contributed by atoms with Crippen LogP contribution in [-0.4, -0.2) is 25.9 Å². The van der Waals surface area contributed by atoms with Crippen molar-refractivity contribution >= 4 is 28.5 Å². The number of rotatable bonds is 5. The molecule has 9 nitrogen and oxygen atoms in total. The second-order valence-corrected chi connectivity index (χ2v) is 7.62. The van der Waals surface area contributed by atoms with Gasteiger partial charge in [0.1, 0.15) is 17.2 Å². The maximum atomic E-state index is 13.4. The summed E-state index contributed by atoms with van der Waals surface area (Å²) in [6, 6.07) is 15.1. The van der Waals surface area contributed by atoms with Gasteiger partial charge in [-0.2, -0.15) is 0 Å². The number of carbonyl (C=O) groups excluding carboxylic acids is 2. The minimum absolute atomic E-state index is 0.0475. The third kappa shape index (κ3) is 4.46. The highest BCUT2D eigenvalue weighted by atomic mass is 19.1. The Bertz CT molecular complexity index is 1560. The molecule has 0 unspecified atom stereocenters. The van der Waals surface area contributed by atoms with E-state index in [1.54, 1.807) is 24.3 Å². The predicted molar refractivity (Wildman–Crippen MR) is 124 cm³/mol. The molecule has 4 aromatic rings. The molecule has 4 rings (SSSR count). The van der Waals surface area contributed by atoms with E-state index in [1.807, 2.05) is 0 Å². The summed E-state index contributed by atoms with van der Waals surface area (Å²) < 4.78 is 15.5. The number of nitrogens with one attached hydrogen (secondary N) is 2. The van der Waals surface area contributed by atoms with E-state index in [4.69, 9.17) is 0 Å². The number of benzene rings is 2. The molecule has 2 aromatic heterocycles. The van der Waals surface area contributed by atoms with Gasteiger partial charge in [0.25, 0.3) is 17.4 Å². The van der Waals surface area contributed by atoms with Crippen molar-refractivity contribution in [1.29, 1.82) is 0 Å². The number of aromatic nitrogens is 3. The van der Waals surface area contributed by atoms with Crippen LogP contribution in [0.25, 0.3) is 11.0 Å². The number of pyridine rings is 1. The van der Waals surface area contributed by atoms with E-state index < -0.39 is 28.9 Å². The van der Waals surface area contributed by atoms with Crippen LogP contribution in [0.5, 0.6) is 0 Å². The van der Waals surface area contributed by atoms with Gasteiger partial charge < -0.3 is 10.6 Å². The van der Waals surface area contributed by atoms with E-state index in [9.17, 15) is 23.6 Å². The van der Waals surface area contributed by atoms with Gasteiger partial charge in [-0.1, -0.05) is 18.2 Å². The van der Waals surface area contributed by atoms with Crippen molar-refractivity contribution in [3.05, 3.63) is 104 Å². The van der Waals surface area contributed by atoms with Gasteiger partial charge in [0.05, 0.1) is 5.39 Å². The third-order valence-corrected chi connectivity index (χ3v) is 5.26. The third-order valence-electron chi connectivity index (χ3n) is 5.26. The Morgan fingerprint density at radius 3 is 2.47 bits per heavy atom. The van der Waals surface area contributed by atoms with Gasteiger partial charge in [-0.05, 0) is 48.0 Å². The number of amides is 2. The van der Waals surface area contributed by atoms with Gasteiger partial charge in [0, 0.05) is 31.9 Å². The number of nitrogens with zero attached hydrogens (tertiary/aromatic N) is 3. The number of aryl methyl sites for hydroxylation is 1. The smallest absolute Gasteiger partial charge is 0.332 e. The fourth-order valence-corrected chi connectivity index (χ4v) is 3.45. The van der Waals surface area contributed by atoms with Crippen LogP contribution in [0.15, 0.2) is 70.3 Å². The molecular weight excluding hydrogens is 441 g/mol. The van der Waals surface area contributed by atoms with Crippen molar-refractivity contribution in [2.45, 2.75) is 6.54 Å². The fourth-order valence-electron chi connectivity index (χ4n) is 3.45. The molecule has 0 aliphatic heterocycles. The van der Waals surface area contributed by atoms with Gasteiger partial charge in [0.2, 0.25) is 0 Å². The quantitative estimate of drug-likeness (QED) is 0.472. The van der Waals surface area contributed by atoms with E-state index >= 15 is 0 Å². The molecule has 0 aliphatic rings. The molecule has 0 fully saturated rings. The van der Waals surface area contributed by atoms with E-state index in [-0.39, 0.29) is 28.8 Å². The molecule has 2 amide bonds. The summed E-state index contributed by atoms with van der Waals surface area (Å²) >= 11 is 0. The standard InChI is InChI=1S/C24H20FN5O4/c1-29-20-18(23(33)30(2)24(29)34)9-10-19(28-20)22(32)26-13-14-5-3-8-17(11-14)27-21(31)15-6-4-7-16(25)12-15/h3-12H,13H2,1-2H3,(H,26,32)(H,27,31).